The number of nitriles is 1. The molecule has 0 spiro atoms. The monoisotopic (exact) mass is 450 g/mol. The van der Waals surface area contributed by atoms with Crippen molar-refractivity contribution in [1.29, 1.82) is 5.26 Å². The van der Waals surface area contributed by atoms with Crippen molar-refractivity contribution in [3.8, 4) is 17.7 Å². The molecule has 0 atom stereocenters. The summed E-state index contributed by atoms with van der Waals surface area (Å²) in [5.41, 5.74) is 3.14. The van der Waals surface area contributed by atoms with Crippen LogP contribution in [0.5, 0.6) is 11.6 Å². The molecule has 2 aromatic carbocycles. The van der Waals surface area contributed by atoms with Crippen molar-refractivity contribution in [2.75, 3.05) is 5.32 Å². The number of benzene rings is 2. The maximum Gasteiger partial charge on any atom is 0.269 e. The Balaban J connectivity index is 1.80. The van der Waals surface area contributed by atoms with Crippen LogP contribution in [0.1, 0.15) is 22.3 Å². The van der Waals surface area contributed by atoms with E-state index in [9.17, 15) is 14.9 Å². The van der Waals surface area contributed by atoms with Gasteiger partial charge in [-0.15, -0.1) is 0 Å². The van der Waals surface area contributed by atoms with E-state index in [0.29, 0.717) is 17.1 Å². The van der Waals surface area contributed by atoms with Crippen LogP contribution < -0.4 is 15.6 Å². The number of hydrogen-bond donors (Lipinski definition) is 1. The molecule has 2 aromatic heterocycles. The molecule has 7 heteroatoms. The zero-order valence-corrected chi connectivity index (χ0v) is 19.0. The molecule has 0 bridgehead atoms. The quantitative estimate of drug-likeness (QED) is 0.342. The lowest BCUT2D eigenvalue weighted by Gasteiger charge is -2.11. The third kappa shape index (κ3) is 4.71. The molecule has 168 valence electrons. The summed E-state index contributed by atoms with van der Waals surface area (Å²) in [6.07, 6.45) is 2.79. The first kappa shape index (κ1) is 22.5. The van der Waals surface area contributed by atoms with E-state index in [2.05, 4.69) is 10.3 Å². The first-order chi connectivity index (χ1) is 16.4. The molecule has 0 saturated carbocycles. The van der Waals surface area contributed by atoms with Crippen LogP contribution in [-0.2, 0) is 4.79 Å². The molecule has 0 fully saturated rings. The second-order valence-corrected chi connectivity index (χ2v) is 7.92. The van der Waals surface area contributed by atoms with Gasteiger partial charge in [-0.3, -0.25) is 14.0 Å². The number of pyridine rings is 1. The lowest BCUT2D eigenvalue weighted by atomic mass is 10.1. The van der Waals surface area contributed by atoms with Gasteiger partial charge in [-0.2, -0.15) is 10.2 Å². The number of anilines is 1. The standard InChI is InChI=1S/C27H22N4O3/c1-17-8-11-21(12-9-17)34-26-22(27(33)31-13-5-4-6-24(31)30-26)15-20(16-28)25(32)29-23-14-18(2)7-10-19(23)3/h4-15H,1-3H3,(H,29,32)/b20-15+. The molecule has 2 heterocycles. The summed E-state index contributed by atoms with van der Waals surface area (Å²) >= 11 is 0. The van der Waals surface area contributed by atoms with Crippen molar-refractivity contribution >= 4 is 23.3 Å². The van der Waals surface area contributed by atoms with Crippen molar-refractivity contribution in [2.45, 2.75) is 20.8 Å². The predicted octanol–water partition coefficient (Wildman–Crippen LogP) is 4.96. The normalized spacial score (nSPS) is 11.2. The van der Waals surface area contributed by atoms with Gasteiger partial charge in [0.15, 0.2) is 0 Å². The lowest BCUT2D eigenvalue weighted by Crippen LogP contribution is -2.20. The molecule has 0 aliphatic carbocycles. The van der Waals surface area contributed by atoms with Crippen LogP contribution in [0.25, 0.3) is 11.7 Å². The Hall–Kier alpha value is -4.70. The average Bonchev–Trinajstić information content (AvgIpc) is 2.83. The van der Waals surface area contributed by atoms with E-state index in [0.717, 1.165) is 16.7 Å². The first-order valence-electron chi connectivity index (χ1n) is 10.6. The number of nitrogens with zero attached hydrogens (tertiary/aromatic N) is 3. The molecule has 0 unspecified atom stereocenters. The van der Waals surface area contributed by atoms with Crippen molar-refractivity contribution in [3.05, 3.63) is 105 Å². The first-order valence-corrected chi connectivity index (χ1v) is 10.6. The predicted molar refractivity (Wildman–Crippen MR) is 131 cm³/mol. The molecule has 0 aliphatic rings. The van der Waals surface area contributed by atoms with Crippen molar-refractivity contribution in [2.24, 2.45) is 0 Å². The van der Waals surface area contributed by atoms with Crippen LogP contribution in [0.3, 0.4) is 0 Å². The molecule has 0 radical (unpaired) electrons. The third-order valence-electron chi connectivity index (χ3n) is 5.26. The van der Waals surface area contributed by atoms with Crippen LogP contribution in [0, 0.1) is 32.1 Å². The van der Waals surface area contributed by atoms with Gasteiger partial charge in [0, 0.05) is 11.9 Å². The Kier molecular flexibility index (Phi) is 6.24. The number of nitrogens with one attached hydrogen (secondary N) is 1. The summed E-state index contributed by atoms with van der Waals surface area (Å²) in [5, 5.41) is 12.5. The Labute approximate surface area is 196 Å². The molecule has 7 nitrogen and oxygen atoms in total. The van der Waals surface area contributed by atoms with Gasteiger partial charge in [0.05, 0.1) is 0 Å². The molecule has 4 aromatic rings. The SMILES string of the molecule is Cc1ccc(Oc2nc3ccccn3c(=O)c2/C=C(\C#N)C(=O)Nc2cc(C)ccc2C)cc1. The minimum absolute atomic E-state index is 0.00283. The highest BCUT2D eigenvalue weighted by Gasteiger charge is 2.18. The molecule has 34 heavy (non-hydrogen) atoms. The fourth-order valence-electron chi connectivity index (χ4n) is 3.35. The number of rotatable bonds is 5. The van der Waals surface area contributed by atoms with Crippen LogP contribution in [0.15, 0.2) is 77.2 Å². The van der Waals surface area contributed by atoms with E-state index in [-0.39, 0.29) is 17.0 Å². The Morgan fingerprint density at radius 3 is 2.53 bits per heavy atom. The number of carbonyl (C=O) groups is 1. The number of ether oxygens (including phenoxy) is 1. The molecular weight excluding hydrogens is 428 g/mol. The van der Waals surface area contributed by atoms with Gasteiger partial charge in [-0.1, -0.05) is 35.9 Å². The maximum atomic E-state index is 13.3. The van der Waals surface area contributed by atoms with Crippen LogP contribution in [0.2, 0.25) is 0 Å². The number of carbonyl (C=O) groups excluding carboxylic acids is 1. The fourth-order valence-corrected chi connectivity index (χ4v) is 3.35. The van der Waals surface area contributed by atoms with Crippen LogP contribution in [-0.4, -0.2) is 15.3 Å². The zero-order chi connectivity index (χ0) is 24.2. The van der Waals surface area contributed by atoms with Gasteiger partial charge in [0.25, 0.3) is 11.5 Å². The lowest BCUT2D eigenvalue weighted by molar-refractivity contribution is -0.112. The highest BCUT2D eigenvalue weighted by molar-refractivity contribution is 6.10. The second kappa shape index (κ2) is 9.43. The molecule has 1 amide bonds. The molecule has 0 aliphatic heterocycles. The highest BCUT2D eigenvalue weighted by atomic mass is 16.5. The number of aryl methyl sites for hydroxylation is 3. The van der Waals surface area contributed by atoms with E-state index in [1.807, 2.05) is 57.2 Å². The van der Waals surface area contributed by atoms with E-state index >= 15 is 0 Å². The van der Waals surface area contributed by atoms with Gasteiger partial charge in [0.2, 0.25) is 5.88 Å². The number of aromatic nitrogens is 2. The minimum Gasteiger partial charge on any atom is -0.438 e. The molecule has 0 saturated heterocycles. The number of hydrogen-bond acceptors (Lipinski definition) is 5. The van der Waals surface area contributed by atoms with Gasteiger partial charge < -0.3 is 10.1 Å². The summed E-state index contributed by atoms with van der Waals surface area (Å²) < 4.78 is 7.26. The molecule has 1 N–H and O–H groups in total. The van der Waals surface area contributed by atoms with E-state index in [1.54, 1.807) is 36.5 Å². The van der Waals surface area contributed by atoms with Crippen molar-refractivity contribution in [3.63, 3.8) is 0 Å². The Bertz CT molecular complexity index is 1530. The number of amides is 1. The van der Waals surface area contributed by atoms with E-state index in [4.69, 9.17) is 4.74 Å². The van der Waals surface area contributed by atoms with Gasteiger partial charge in [-0.25, -0.2) is 0 Å². The van der Waals surface area contributed by atoms with Gasteiger partial charge in [0.1, 0.15) is 28.6 Å². The summed E-state index contributed by atoms with van der Waals surface area (Å²) in [6, 6.07) is 19.9. The zero-order valence-electron chi connectivity index (χ0n) is 19.0. The van der Waals surface area contributed by atoms with Crippen LogP contribution >= 0.6 is 0 Å². The number of fused-ring (bicyclic) bond motifs is 1. The van der Waals surface area contributed by atoms with Gasteiger partial charge in [-0.05, 0) is 68.3 Å². The van der Waals surface area contributed by atoms with Gasteiger partial charge >= 0.3 is 0 Å². The summed E-state index contributed by atoms with van der Waals surface area (Å²) in [6.45, 7) is 5.72. The highest BCUT2D eigenvalue weighted by Crippen LogP contribution is 2.25. The molecular formula is C27H22N4O3. The largest absolute Gasteiger partial charge is 0.438 e. The van der Waals surface area contributed by atoms with E-state index < -0.39 is 11.5 Å². The topological polar surface area (TPSA) is 96.5 Å². The average molecular weight is 450 g/mol. The minimum atomic E-state index is -0.630. The fraction of sp³-hybridized carbons (Fsp3) is 0.111. The van der Waals surface area contributed by atoms with Crippen molar-refractivity contribution in [1.82, 2.24) is 9.38 Å². The van der Waals surface area contributed by atoms with Crippen LogP contribution in [0.4, 0.5) is 5.69 Å². The summed E-state index contributed by atoms with van der Waals surface area (Å²) in [4.78, 5) is 30.7. The second-order valence-electron chi connectivity index (χ2n) is 7.92. The smallest absolute Gasteiger partial charge is 0.269 e. The Morgan fingerprint density at radius 2 is 1.79 bits per heavy atom. The summed E-state index contributed by atoms with van der Waals surface area (Å²) in [5.74, 6) is -0.145. The molecule has 4 rings (SSSR count). The van der Waals surface area contributed by atoms with E-state index in [1.165, 1.54) is 10.5 Å². The summed E-state index contributed by atoms with van der Waals surface area (Å²) in [7, 11) is 0. The third-order valence-corrected chi connectivity index (χ3v) is 5.26. The maximum absolute atomic E-state index is 13.3. The van der Waals surface area contributed by atoms with Crippen molar-refractivity contribution < 1.29 is 9.53 Å². The Morgan fingerprint density at radius 1 is 1.06 bits per heavy atom.